The topological polar surface area (TPSA) is 88.9 Å². The van der Waals surface area contributed by atoms with Gasteiger partial charge in [-0.3, -0.25) is 9.59 Å². The van der Waals surface area contributed by atoms with Gasteiger partial charge in [-0.2, -0.15) is 0 Å². The van der Waals surface area contributed by atoms with Crippen LogP contribution in [0.4, 0.5) is 20.2 Å². The summed E-state index contributed by atoms with van der Waals surface area (Å²) >= 11 is 5.79. The third-order valence-corrected chi connectivity index (χ3v) is 4.05. The minimum Gasteiger partial charge on any atom is -0.324 e. The number of rotatable bonds is 5. The van der Waals surface area contributed by atoms with E-state index in [0.717, 1.165) is 12.1 Å². The second kappa shape index (κ2) is 8.13. The molecule has 0 unspecified atom stereocenters. The Morgan fingerprint density at radius 2 is 1.71 bits per heavy atom. The average Bonchev–Trinajstić information content (AvgIpc) is 3.01. The van der Waals surface area contributed by atoms with Gasteiger partial charge in [-0.25, -0.2) is 13.5 Å². The number of nitrogens with one attached hydrogen (secondary N) is 2. The van der Waals surface area contributed by atoms with Crippen LogP contribution in [0.3, 0.4) is 0 Å². The fraction of sp³-hybridized carbons (Fsp3) is 0.111. The molecule has 28 heavy (non-hydrogen) atoms. The van der Waals surface area contributed by atoms with E-state index >= 15 is 0 Å². The Morgan fingerprint density at radius 1 is 1.04 bits per heavy atom. The average molecular weight is 406 g/mol. The molecule has 1 aromatic heterocycles. The van der Waals surface area contributed by atoms with Crippen LogP contribution < -0.4 is 10.6 Å². The molecule has 0 aliphatic rings. The first-order valence-electron chi connectivity index (χ1n) is 8.05. The molecule has 0 saturated heterocycles. The predicted octanol–water partition coefficient (Wildman–Crippen LogP) is 3.41. The third kappa shape index (κ3) is 4.49. The van der Waals surface area contributed by atoms with Crippen molar-refractivity contribution in [2.45, 2.75) is 13.5 Å². The van der Waals surface area contributed by atoms with Crippen molar-refractivity contribution in [1.82, 2.24) is 15.0 Å². The van der Waals surface area contributed by atoms with Gasteiger partial charge in [0.15, 0.2) is 17.3 Å². The number of hydrogen-bond acceptors (Lipinski definition) is 4. The minimum atomic E-state index is -1.09. The second-order valence-electron chi connectivity index (χ2n) is 5.82. The number of carbonyl (C=O) groups is 2. The Balaban J connectivity index is 1.67. The van der Waals surface area contributed by atoms with Crippen LogP contribution in [0.15, 0.2) is 42.5 Å². The largest absolute Gasteiger partial charge is 0.324 e. The van der Waals surface area contributed by atoms with E-state index in [1.807, 2.05) is 0 Å². The van der Waals surface area contributed by atoms with Crippen LogP contribution in [0.25, 0.3) is 0 Å². The number of aromatic nitrogens is 3. The molecule has 1 heterocycles. The van der Waals surface area contributed by atoms with Crippen molar-refractivity contribution >= 4 is 34.8 Å². The lowest BCUT2D eigenvalue weighted by atomic mass is 10.2. The Hall–Kier alpha value is -3.33. The molecule has 0 fully saturated rings. The van der Waals surface area contributed by atoms with Gasteiger partial charge >= 0.3 is 0 Å². The lowest BCUT2D eigenvalue weighted by Gasteiger charge is -2.07. The smallest absolute Gasteiger partial charge is 0.278 e. The molecule has 0 bridgehead atoms. The standard InChI is InChI=1S/C18H14ClF2N5O2/c1-10-17(18(28)23-13-6-7-14(20)15(21)8-13)24-25-26(10)9-16(27)22-12-4-2-11(19)3-5-12/h2-8H,9H2,1H3,(H,22,27)(H,23,28). The molecule has 0 saturated carbocycles. The van der Waals surface area contributed by atoms with Crippen LogP contribution in [0.5, 0.6) is 0 Å². The Bertz CT molecular complexity index is 1040. The van der Waals surface area contributed by atoms with Gasteiger partial charge in [0, 0.05) is 22.5 Å². The summed E-state index contributed by atoms with van der Waals surface area (Å²) in [6.45, 7) is 1.40. The molecular weight excluding hydrogens is 392 g/mol. The first kappa shape index (κ1) is 19.4. The van der Waals surface area contributed by atoms with Gasteiger partial charge in [0.1, 0.15) is 6.54 Å². The number of carbonyl (C=O) groups excluding carboxylic acids is 2. The molecule has 7 nitrogen and oxygen atoms in total. The lowest BCUT2D eigenvalue weighted by Crippen LogP contribution is -2.21. The van der Waals surface area contributed by atoms with Gasteiger partial charge in [0.25, 0.3) is 5.91 Å². The Morgan fingerprint density at radius 3 is 2.39 bits per heavy atom. The zero-order valence-electron chi connectivity index (χ0n) is 14.5. The van der Waals surface area contributed by atoms with E-state index in [9.17, 15) is 18.4 Å². The monoisotopic (exact) mass is 405 g/mol. The molecule has 2 amide bonds. The van der Waals surface area contributed by atoms with E-state index in [0.29, 0.717) is 16.4 Å². The maximum atomic E-state index is 13.2. The highest BCUT2D eigenvalue weighted by Gasteiger charge is 2.18. The number of nitrogens with zero attached hydrogens (tertiary/aromatic N) is 3. The highest BCUT2D eigenvalue weighted by Crippen LogP contribution is 2.16. The van der Waals surface area contributed by atoms with Gasteiger partial charge in [-0.05, 0) is 43.3 Å². The number of benzene rings is 2. The molecule has 3 rings (SSSR count). The van der Waals surface area contributed by atoms with Crippen molar-refractivity contribution < 1.29 is 18.4 Å². The second-order valence-corrected chi connectivity index (χ2v) is 6.26. The highest BCUT2D eigenvalue weighted by atomic mass is 35.5. The number of hydrogen-bond donors (Lipinski definition) is 2. The summed E-state index contributed by atoms with van der Waals surface area (Å²) in [6.07, 6.45) is 0. The zero-order chi connectivity index (χ0) is 20.3. The van der Waals surface area contributed by atoms with Crippen LogP contribution >= 0.6 is 11.6 Å². The van der Waals surface area contributed by atoms with Crippen molar-refractivity contribution in [3.63, 3.8) is 0 Å². The van der Waals surface area contributed by atoms with Crippen LogP contribution in [0.1, 0.15) is 16.2 Å². The van der Waals surface area contributed by atoms with Gasteiger partial charge < -0.3 is 10.6 Å². The highest BCUT2D eigenvalue weighted by molar-refractivity contribution is 6.30. The van der Waals surface area contributed by atoms with Crippen molar-refractivity contribution in [2.75, 3.05) is 10.6 Å². The zero-order valence-corrected chi connectivity index (χ0v) is 15.3. The molecule has 0 aliphatic heterocycles. The van der Waals surface area contributed by atoms with Crippen molar-refractivity contribution in [1.29, 1.82) is 0 Å². The molecule has 2 N–H and O–H groups in total. The first-order valence-corrected chi connectivity index (χ1v) is 8.43. The quantitative estimate of drug-likeness (QED) is 0.680. The summed E-state index contributed by atoms with van der Waals surface area (Å²) in [5.41, 5.74) is 0.928. The molecule has 0 spiro atoms. The van der Waals surface area contributed by atoms with Gasteiger partial charge in [0.05, 0.1) is 5.69 Å². The summed E-state index contributed by atoms with van der Waals surface area (Å²) in [5, 5.41) is 13.2. The molecular formula is C18H14ClF2N5O2. The summed E-state index contributed by atoms with van der Waals surface area (Å²) in [4.78, 5) is 24.4. The number of amides is 2. The van der Waals surface area contributed by atoms with Crippen LogP contribution in [0.2, 0.25) is 5.02 Å². The van der Waals surface area contributed by atoms with E-state index in [1.54, 1.807) is 31.2 Å². The fourth-order valence-electron chi connectivity index (χ4n) is 2.35. The maximum absolute atomic E-state index is 13.2. The normalized spacial score (nSPS) is 10.6. The Kier molecular flexibility index (Phi) is 5.65. The summed E-state index contributed by atoms with van der Waals surface area (Å²) in [7, 11) is 0. The van der Waals surface area contributed by atoms with E-state index < -0.39 is 17.5 Å². The lowest BCUT2D eigenvalue weighted by molar-refractivity contribution is -0.117. The van der Waals surface area contributed by atoms with E-state index in [-0.39, 0.29) is 23.8 Å². The summed E-state index contributed by atoms with van der Waals surface area (Å²) in [5.74, 6) is -3.14. The predicted molar refractivity (Wildman–Crippen MR) is 99.2 cm³/mol. The molecule has 0 aliphatic carbocycles. The van der Waals surface area contributed by atoms with Crippen molar-refractivity contribution in [2.24, 2.45) is 0 Å². The fourth-order valence-corrected chi connectivity index (χ4v) is 2.48. The van der Waals surface area contributed by atoms with Gasteiger partial charge in [0.2, 0.25) is 5.91 Å². The van der Waals surface area contributed by atoms with Gasteiger partial charge in [-0.1, -0.05) is 16.8 Å². The van der Waals surface area contributed by atoms with Gasteiger partial charge in [-0.15, -0.1) is 5.10 Å². The molecule has 3 aromatic rings. The minimum absolute atomic E-state index is 0.0379. The van der Waals surface area contributed by atoms with Crippen LogP contribution in [-0.4, -0.2) is 26.8 Å². The SMILES string of the molecule is Cc1c(C(=O)Nc2ccc(F)c(F)c2)nnn1CC(=O)Nc1ccc(Cl)cc1. The molecule has 0 atom stereocenters. The van der Waals surface area contributed by atoms with Crippen LogP contribution in [0, 0.1) is 18.6 Å². The maximum Gasteiger partial charge on any atom is 0.278 e. The summed E-state index contributed by atoms with van der Waals surface area (Å²) < 4.78 is 27.5. The third-order valence-electron chi connectivity index (χ3n) is 3.80. The van der Waals surface area contributed by atoms with Crippen molar-refractivity contribution in [3.8, 4) is 0 Å². The van der Waals surface area contributed by atoms with E-state index in [2.05, 4.69) is 20.9 Å². The first-order chi connectivity index (χ1) is 13.3. The molecule has 10 heteroatoms. The molecule has 0 radical (unpaired) electrons. The van der Waals surface area contributed by atoms with E-state index in [4.69, 9.17) is 11.6 Å². The molecule has 144 valence electrons. The van der Waals surface area contributed by atoms with E-state index in [1.165, 1.54) is 10.7 Å². The Labute approximate surface area is 163 Å². The van der Waals surface area contributed by atoms with Crippen molar-refractivity contribution in [3.05, 3.63) is 70.5 Å². The number of anilines is 2. The van der Waals surface area contributed by atoms with Crippen LogP contribution in [-0.2, 0) is 11.3 Å². The number of halogens is 3. The molecule has 2 aromatic carbocycles. The summed E-state index contributed by atoms with van der Waals surface area (Å²) in [6, 6.07) is 9.54.